The van der Waals surface area contributed by atoms with E-state index in [9.17, 15) is 9.18 Å². The van der Waals surface area contributed by atoms with Crippen molar-refractivity contribution in [1.29, 1.82) is 0 Å². The van der Waals surface area contributed by atoms with Gasteiger partial charge in [0.05, 0.1) is 29.0 Å². The lowest BCUT2D eigenvalue weighted by atomic mass is 10.1. The van der Waals surface area contributed by atoms with Crippen molar-refractivity contribution < 1.29 is 23.4 Å². The van der Waals surface area contributed by atoms with Crippen LogP contribution in [0.5, 0.6) is 11.5 Å². The number of pyridine rings is 2. The molecule has 38 heavy (non-hydrogen) atoms. The third-order valence-corrected chi connectivity index (χ3v) is 7.09. The van der Waals surface area contributed by atoms with Crippen LogP contribution >= 0.6 is 22.9 Å². The number of aromatic nitrogens is 3. The fourth-order valence-electron chi connectivity index (χ4n) is 3.75. The van der Waals surface area contributed by atoms with Gasteiger partial charge in [-0.25, -0.2) is 14.2 Å². The molecular weight excluding hydrogens is 531 g/mol. The number of methoxy groups -OCH3 is 1. The zero-order valence-corrected chi connectivity index (χ0v) is 22.1. The van der Waals surface area contributed by atoms with Crippen molar-refractivity contribution in [2.75, 3.05) is 12.4 Å². The maximum atomic E-state index is 15.0. The van der Waals surface area contributed by atoms with Gasteiger partial charge in [0.25, 0.3) is 0 Å². The minimum Gasteiger partial charge on any atom is -0.495 e. The van der Waals surface area contributed by atoms with Gasteiger partial charge in [-0.05, 0) is 44.2 Å². The van der Waals surface area contributed by atoms with Crippen molar-refractivity contribution >= 4 is 55.8 Å². The molecule has 0 saturated heterocycles. The molecule has 0 unspecified atom stereocenters. The van der Waals surface area contributed by atoms with Gasteiger partial charge in [-0.15, -0.1) is 11.3 Å². The lowest BCUT2D eigenvalue weighted by molar-refractivity contribution is 0.0402. The molecule has 0 spiro atoms. The molecule has 0 aliphatic carbocycles. The van der Waals surface area contributed by atoms with Crippen LogP contribution in [-0.2, 0) is 4.74 Å². The van der Waals surface area contributed by atoms with Gasteiger partial charge < -0.3 is 14.2 Å². The van der Waals surface area contributed by atoms with E-state index < -0.39 is 24.1 Å². The Hall–Kier alpha value is -4.02. The summed E-state index contributed by atoms with van der Waals surface area (Å²) in [5.41, 5.74) is 2.46. The van der Waals surface area contributed by atoms with E-state index in [4.69, 9.17) is 25.8 Å². The Labute approximate surface area is 226 Å². The average molecular weight is 553 g/mol. The van der Waals surface area contributed by atoms with Crippen LogP contribution in [0.2, 0.25) is 5.02 Å². The van der Waals surface area contributed by atoms with E-state index in [1.54, 1.807) is 69.9 Å². The van der Waals surface area contributed by atoms with Crippen LogP contribution < -0.4 is 14.8 Å². The van der Waals surface area contributed by atoms with Crippen molar-refractivity contribution in [3.8, 4) is 22.1 Å². The molecule has 0 bridgehead atoms. The fraction of sp³-hybridized carbons (Fsp3) is 0.185. The lowest BCUT2D eigenvalue weighted by Gasteiger charge is -2.22. The number of carbonyl (C=O) groups is 1. The molecule has 194 valence electrons. The molecule has 0 fully saturated rings. The number of ether oxygens (including phenoxy) is 3. The lowest BCUT2D eigenvalue weighted by Crippen LogP contribution is -2.32. The van der Waals surface area contributed by atoms with Gasteiger partial charge >= 0.3 is 6.09 Å². The smallest absolute Gasteiger partial charge is 0.412 e. The topological polar surface area (TPSA) is 95.5 Å². The first-order chi connectivity index (χ1) is 18.3. The predicted octanol–water partition coefficient (Wildman–Crippen LogP) is 7.11. The highest BCUT2D eigenvalue weighted by molar-refractivity contribution is 7.21. The highest BCUT2D eigenvalue weighted by Gasteiger charge is 2.21. The van der Waals surface area contributed by atoms with Crippen LogP contribution in [0.3, 0.4) is 0 Å². The maximum absolute atomic E-state index is 15.0. The van der Waals surface area contributed by atoms with E-state index in [1.165, 1.54) is 17.4 Å². The Kier molecular flexibility index (Phi) is 7.26. The number of fused-ring (bicyclic) bond motifs is 2. The van der Waals surface area contributed by atoms with Crippen molar-refractivity contribution in [1.82, 2.24) is 15.0 Å². The molecule has 5 rings (SSSR count). The average Bonchev–Trinajstić information content (AvgIpc) is 3.30. The first-order valence-electron chi connectivity index (χ1n) is 11.6. The summed E-state index contributed by atoms with van der Waals surface area (Å²) in [4.78, 5) is 25.2. The number of amides is 1. The van der Waals surface area contributed by atoms with Gasteiger partial charge in [-0.2, -0.15) is 0 Å². The number of halogens is 2. The third kappa shape index (κ3) is 5.46. The normalized spacial score (nSPS) is 12.8. The molecule has 3 heterocycles. The predicted molar refractivity (Wildman–Crippen MR) is 146 cm³/mol. The van der Waals surface area contributed by atoms with Crippen molar-refractivity contribution in [3.05, 3.63) is 71.9 Å². The second-order valence-corrected chi connectivity index (χ2v) is 9.93. The molecule has 2 atom stereocenters. The van der Waals surface area contributed by atoms with Gasteiger partial charge in [0.1, 0.15) is 23.0 Å². The van der Waals surface area contributed by atoms with E-state index in [-0.39, 0.29) is 5.75 Å². The van der Waals surface area contributed by atoms with Crippen LogP contribution in [0, 0.1) is 5.82 Å². The number of hydrogen-bond acceptors (Lipinski definition) is 8. The van der Waals surface area contributed by atoms with Crippen LogP contribution in [-0.4, -0.2) is 40.4 Å². The van der Waals surface area contributed by atoms with Gasteiger partial charge in [-0.1, -0.05) is 11.6 Å². The largest absolute Gasteiger partial charge is 0.495 e. The highest BCUT2D eigenvalue weighted by Crippen LogP contribution is 2.38. The van der Waals surface area contributed by atoms with E-state index in [2.05, 4.69) is 20.3 Å². The monoisotopic (exact) mass is 552 g/mol. The molecule has 5 aromatic rings. The molecule has 1 amide bonds. The first-order valence-corrected chi connectivity index (χ1v) is 12.8. The second-order valence-electron chi connectivity index (χ2n) is 8.46. The Morgan fingerprint density at radius 2 is 1.89 bits per heavy atom. The minimum atomic E-state index is -0.662. The van der Waals surface area contributed by atoms with Crippen LogP contribution in [0.25, 0.3) is 31.7 Å². The van der Waals surface area contributed by atoms with E-state index in [0.29, 0.717) is 37.2 Å². The molecule has 0 saturated carbocycles. The van der Waals surface area contributed by atoms with Crippen LogP contribution in [0.4, 0.5) is 14.9 Å². The quantitative estimate of drug-likeness (QED) is 0.230. The summed E-state index contributed by atoms with van der Waals surface area (Å²) in [6.45, 7) is 3.37. The summed E-state index contributed by atoms with van der Waals surface area (Å²) in [5.74, 6) is 0.0681. The second kappa shape index (κ2) is 10.8. The summed E-state index contributed by atoms with van der Waals surface area (Å²) < 4.78 is 32.2. The van der Waals surface area contributed by atoms with Crippen molar-refractivity contribution in [3.63, 3.8) is 0 Å². The number of rotatable bonds is 7. The SMILES string of the molecule is COc1cnc2c(-c3nc4cc(F)c(O[C@@H](C)[C@@H](C)OC(=O)Nc5ccncc5)cc4s3)cc(Cl)cc2c1. The number of carbonyl (C=O) groups excluding carboxylic acids is 1. The van der Waals surface area contributed by atoms with Crippen molar-refractivity contribution in [2.24, 2.45) is 0 Å². The summed E-state index contributed by atoms with van der Waals surface area (Å²) in [6.07, 6.45) is 2.79. The Morgan fingerprint density at radius 3 is 2.66 bits per heavy atom. The Morgan fingerprint density at radius 1 is 1.11 bits per heavy atom. The molecule has 11 heteroatoms. The van der Waals surface area contributed by atoms with E-state index >= 15 is 0 Å². The van der Waals surface area contributed by atoms with Gasteiger partial charge in [0.15, 0.2) is 11.6 Å². The molecular formula is C27H22ClFN4O4S. The summed E-state index contributed by atoms with van der Waals surface area (Å²) in [7, 11) is 1.57. The fourth-order valence-corrected chi connectivity index (χ4v) is 4.97. The molecule has 8 nitrogen and oxygen atoms in total. The summed E-state index contributed by atoms with van der Waals surface area (Å²) in [6, 6.07) is 11.6. The number of anilines is 1. The highest BCUT2D eigenvalue weighted by atomic mass is 35.5. The Bertz CT molecular complexity index is 1630. The third-order valence-electron chi connectivity index (χ3n) is 5.82. The minimum absolute atomic E-state index is 0.0315. The summed E-state index contributed by atoms with van der Waals surface area (Å²) in [5, 5.41) is 4.57. The van der Waals surface area contributed by atoms with E-state index in [0.717, 1.165) is 10.9 Å². The summed E-state index contributed by atoms with van der Waals surface area (Å²) >= 11 is 7.74. The first kappa shape index (κ1) is 25.6. The number of hydrogen-bond donors (Lipinski definition) is 1. The molecule has 0 aliphatic heterocycles. The maximum Gasteiger partial charge on any atom is 0.412 e. The zero-order valence-electron chi connectivity index (χ0n) is 20.6. The van der Waals surface area contributed by atoms with E-state index in [1.807, 2.05) is 6.07 Å². The standard InChI is InChI=1S/C27H22ClFN4O4S/c1-14(15(2)37-27(34)32-18-4-6-30-7-5-18)36-23-12-24-22(11-21(23)29)33-26(38-24)20-10-17(28)8-16-9-19(35-3)13-31-25(16)20/h4-15H,1-3H3,(H,30,32,34)/t14-,15+/m0/s1. The van der Waals surface area contributed by atoms with Gasteiger partial charge in [0.2, 0.25) is 0 Å². The number of benzene rings is 2. The molecule has 0 aliphatic rings. The van der Waals surface area contributed by atoms with Gasteiger partial charge in [-0.3, -0.25) is 15.3 Å². The molecule has 0 radical (unpaired) electrons. The molecule has 3 aromatic heterocycles. The van der Waals surface area contributed by atoms with Crippen LogP contribution in [0.1, 0.15) is 13.8 Å². The number of nitrogens with zero attached hydrogens (tertiary/aromatic N) is 3. The number of nitrogens with one attached hydrogen (secondary N) is 1. The molecule has 1 N–H and O–H groups in total. The number of thiazole rings is 1. The zero-order chi connectivity index (χ0) is 26.8. The van der Waals surface area contributed by atoms with Gasteiger partial charge in [0, 0.05) is 46.2 Å². The van der Waals surface area contributed by atoms with Crippen LogP contribution in [0.15, 0.2) is 61.1 Å². The molecule has 2 aromatic carbocycles. The Balaban J connectivity index is 1.36. The van der Waals surface area contributed by atoms with Crippen molar-refractivity contribution in [2.45, 2.75) is 26.1 Å².